The Bertz CT molecular complexity index is 1020. The third kappa shape index (κ3) is 5.87. The summed E-state index contributed by atoms with van der Waals surface area (Å²) in [7, 11) is 0. The van der Waals surface area contributed by atoms with Gasteiger partial charge in [-0.3, -0.25) is 0 Å². The van der Waals surface area contributed by atoms with E-state index in [1.165, 1.54) is 4.90 Å². The van der Waals surface area contributed by atoms with E-state index in [9.17, 15) is 5.11 Å². The summed E-state index contributed by atoms with van der Waals surface area (Å²) in [6.45, 7) is 5.90. The van der Waals surface area contributed by atoms with Gasteiger partial charge >= 0.3 is 11.9 Å². The normalized spacial score (nSPS) is 15.5. The monoisotopic (exact) mass is 469 g/mol. The lowest BCUT2D eigenvalue weighted by Gasteiger charge is -2.25. The van der Waals surface area contributed by atoms with Crippen LogP contribution in [0.15, 0.2) is 36.4 Å². The highest BCUT2D eigenvalue weighted by Gasteiger charge is 2.21. The quantitative estimate of drug-likeness (QED) is 0.346. The number of aromatic nitrogens is 1. The SMILES string of the molecule is O=C(O)C(=O)O.OC(Cn1c2ccc(Cl)cc2c2cc(Cl)ccc21)C[NH+]1CC[NH2+]CC1. The van der Waals surface area contributed by atoms with Gasteiger partial charge in [0.15, 0.2) is 0 Å². The predicted molar refractivity (Wildman–Crippen MR) is 118 cm³/mol. The highest BCUT2D eigenvalue weighted by molar-refractivity contribution is 6.33. The number of piperazine rings is 1. The number of aliphatic carboxylic acids is 2. The summed E-state index contributed by atoms with van der Waals surface area (Å²) < 4.78 is 2.19. The third-order valence-corrected chi connectivity index (χ3v) is 5.76. The number of nitrogens with one attached hydrogen (secondary N) is 1. The van der Waals surface area contributed by atoms with Gasteiger partial charge in [-0.1, -0.05) is 23.2 Å². The molecule has 31 heavy (non-hydrogen) atoms. The fraction of sp³-hybridized carbons (Fsp3) is 0.333. The molecule has 4 rings (SSSR count). The smallest absolute Gasteiger partial charge is 0.414 e. The summed E-state index contributed by atoms with van der Waals surface area (Å²) in [5, 5.41) is 31.4. The van der Waals surface area contributed by atoms with Crippen LogP contribution in [0.5, 0.6) is 0 Å². The van der Waals surface area contributed by atoms with Crippen LogP contribution in [-0.4, -0.2) is 70.7 Å². The number of hydrogen-bond donors (Lipinski definition) is 5. The van der Waals surface area contributed by atoms with Gasteiger partial charge in [0.25, 0.3) is 0 Å². The van der Waals surface area contributed by atoms with Gasteiger partial charge in [-0.25, -0.2) is 9.59 Å². The highest BCUT2D eigenvalue weighted by atomic mass is 35.5. The average molecular weight is 470 g/mol. The molecular formula is C21H25Cl2N3O5+2. The Balaban J connectivity index is 0.000000401. The number of aliphatic hydroxyl groups is 1. The van der Waals surface area contributed by atoms with Crippen LogP contribution in [-0.2, 0) is 16.1 Å². The Morgan fingerprint density at radius 3 is 1.90 bits per heavy atom. The summed E-state index contributed by atoms with van der Waals surface area (Å²) >= 11 is 12.4. The summed E-state index contributed by atoms with van der Waals surface area (Å²) in [6, 6.07) is 11.8. The minimum Gasteiger partial charge on any atom is -0.473 e. The van der Waals surface area contributed by atoms with Gasteiger partial charge in [0.1, 0.15) is 38.8 Å². The van der Waals surface area contributed by atoms with Crippen molar-refractivity contribution in [3.63, 3.8) is 0 Å². The number of carbonyl (C=O) groups is 2. The van der Waals surface area contributed by atoms with E-state index >= 15 is 0 Å². The zero-order valence-corrected chi connectivity index (χ0v) is 18.2. The first-order valence-corrected chi connectivity index (χ1v) is 10.7. The molecule has 10 heteroatoms. The minimum atomic E-state index is -1.82. The molecule has 1 unspecified atom stereocenters. The maximum absolute atomic E-state index is 10.7. The van der Waals surface area contributed by atoms with E-state index < -0.39 is 11.9 Å². The maximum Gasteiger partial charge on any atom is 0.414 e. The second-order valence-corrected chi connectivity index (χ2v) is 8.39. The van der Waals surface area contributed by atoms with Gasteiger partial charge in [-0.15, -0.1) is 0 Å². The lowest BCUT2D eigenvalue weighted by Crippen LogP contribution is -3.21. The largest absolute Gasteiger partial charge is 0.473 e. The number of halogens is 2. The number of quaternary nitrogens is 2. The molecule has 2 aromatic carbocycles. The molecule has 8 nitrogen and oxygen atoms in total. The van der Waals surface area contributed by atoms with Gasteiger partial charge in [0.2, 0.25) is 0 Å². The number of nitrogens with zero attached hydrogens (tertiary/aromatic N) is 1. The molecule has 2 heterocycles. The summed E-state index contributed by atoms with van der Waals surface area (Å²) in [6.07, 6.45) is -0.377. The molecule has 0 amide bonds. The fourth-order valence-corrected chi connectivity index (χ4v) is 4.28. The second-order valence-electron chi connectivity index (χ2n) is 7.52. The van der Waals surface area contributed by atoms with E-state index in [1.807, 2.05) is 36.4 Å². The van der Waals surface area contributed by atoms with E-state index in [-0.39, 0.29) is 6.10 Å². The van der Waals surface area contributed by atoms with Gasteiger partial charge in [0.05, 0.1) is 6.54 Å². The molecule has 3 aromatic rings. The summed E-state index contributed by atoms with van der Waals surface area (Å²) in [4.78, 5) is 19.7. The molecule has 1 aliphatic heterocycles. The molecule has 0 saturated carbocycles. The van der Waals surface area contributed by atoms with E-state index in [2.05, 4.69) is 9.88 Å². The molecule has 1 atom stereocenters. The Kier molecular flexibility index (Phi) is 7.74. The number of carboxylic acid groups (broad SMARTS) is 2. The molecule has 1 aliphatic rings. The number of hydrogen-bond acceptors (Lipinski definition) is 3. The number of carboxylic acids is 2. The van der Waals surface area contributed by atoms with Crippen molar-refractivity contribution in [2.45, 2.75) is 12.6 Å². The fourth-order valence-electron chi connectivity index (χ4n) is 3.94. The van der Waals surface area contributed by atoms with Crippen LogP contribution < -0.4 is 10.2 Å². The first-order chi connectivity index (χ1) is 14.8. The van der Waals surface area contributed by atoms with Gasteiger partial charge in [-0.2, -0.15) is 0 Å². The number of aliphatic hydroxyl groups excluding tert-OH is 1. The molecule has 0 radical (unpaired) electrons. The van der Waals surface area contributed by atoms with Gasteiger partial charge < -0.3 is 30.1 Å². The Hall–Kier alpha value is -2.36. The lowest BCUT2D eigenvalue weighted by atomic mass is 10.1. The minimum absolute atomic E-state index is 0.377. The average Bonchev–Trinajstić information content (AvgIpc) is 3.01. The van der Waals surface area contributed by atoms with Crippen LogP contribution in [0.2, 0.25) is 10.0 Å². The second kappa shape index (κ2) is 10.3. The van der Waals surface area contributed by atoms with Gasteiger partial charge in [0, 0.05) is 31.9 Å². The molecule has 6 N–H and O–H groups in total. The van der Waals surface area contributed by atoms with Crippen molar-refractivity contribution in [2.24, 2.45) is 0 Å². The highest BCUT2D eigenvalue weighted by Crippen LogP contribution is 2.32. The van der Waals surface area contributed by atoms with E-state index in [1.54, 1.807) is 0 Å². The summed E-state index contributed by atoms with van der Waals surface area (Å²) in [5.41, 5.74) is 2.17. The molecule has 0 spiro atoms. The van der Waals surface area contributed by atoms with Crippen molar-refractivity contribution >= 4 is 56.9 Å². The first-order valence-electron chi connectivity index (χ1n) is 9.92. The Morgan fingerprint density at radius 1 is 0.968 bits per heavy atom. The first kappa shape index (κ1) is 23.3. The molecule has 1 fully saturated rings. The van der Waals surface area contributed by atoms with Crippen LogP contribution >= 0.6 is 23.2 Å². The third-order valence-electron chi connectivity index (χ3n) is 5.29. The standard InChI is InChI=1S/C19H21Cl2N3O.C2H2O4/c20-13-1-3-18-16(9-13)17-10-14(21)2-4-19(17)24(18)12-15(25)11-23-7-5-22-6-8-23;3-1(4)2(5)6/h1-4,9-10,15,22,25H,5-8,11-12H2;(H,3,4)(H,5,6)/p+2. The maximum atomic E-state index is 10.7. The van der Waals surface area contributed by atoms with Crippen molar-refractivity contribution < 1.29 is 35.1 Å². The van der Waals surface area contributed by atoms with Crippen LogP contribution in [0.4, 0.5) is 0 Å². The van der Waals surface area contributed by atoms with Crippen molar-refractivity contribution in [1.29, 1.82) is 0 Å². The molecule has 1 aromatic heterocycles. The topological polar surface area (TPSA) is 121 Å². The number of nitrogens with two attached hydrogens (primary N) is 1. The van der Waals surface area contributed by atoms with Gasteiger partial charge in [-0.05, 0) is 36.4 Å². The van der Waals surface area contributed by atoms with Crippen molar-refractivity contribution in [2.75, 3.05) is 32.7 Å². The van der Waals surface area contributed by atoms with Crippen molar-refractivity contribution in [1.82, 2.24) is 4.57 Å². The van der Waals surface area contributed by atoms with Crippen LogP contribution in [0.25, 0.3) is 21.8 Å². The van der Waals surface area contributed by atoms with Crippen LogP contribution in [0, 0.1) is 0 Å². The molecule has 1 saturated heterocycles. The Labute approximate surface area is 188 Å². The lowest BCUT2D eigenvalue weighted by molar-refractivity contribution is -0.949. The number of benzene rings is 2. The zero-order valence-electron chi connectivity index (χ0n) is 16.7. The molecule has 0 bridgehead atoms. The molecule has 166 valence electrons. The molecule has 0 aliphatic carbocycles. The summed E-state index contributed by atoms with van der Waals surface area (Å²) in [5.74, 6) is -3.65. The van der Waals surface area contributed by atoms with E-state index in [0.717, 1.165) is 54.5 Å². The number of rotatable bonds is 4. The predicted octanol–water partition coefficient (Wildman–Crippen LogP) is 0.0797. The van der Waals surface area contributed by atoms with Crippen molar-refractivity contribution in [3.8, 4) is 0 Å². The van der Waals surface area contributed by atoms with Crippen LogP contribution in [0.3, 0.4) is 0 Å². The van der Waals surface area contributed by atoms with E-state index in [0.29, 0.717) is 16.6 Å². The zero-order chi connectivity index (χ0) is 22.5. The Morgan fingerprint density at radius 2 is 1.45 bits per heavy atom. The molecular weight excluding hydrogens is 445 g/mol. The van der Waals surface area contributed by atoms with Crippen LogP contribution in [0.1, 0.15) is 0 Å². The number of fused-ring (bicyclic) bond motifs is 3. The van der Waals surface area contributed by atoms with E-state index in [4.69, 9.17) is 43.0 Å². The van der Waals surface area contributed by atoms with Crippen molar-refractivity contribution in [3.05, 3.63) is 46.4 Å².